The van der Waals surface area contributed by atoms with Crippen molar-refractivity contribution in [2.24, 2.45) is 0 Å². The van der Waals surface area contributed by atoms with Crippen LogP contribution < -0.4 is 10.5 Å². The van der Waals surface area contributed by atoms with Crippen molar-refractivity contribution in [2.45, 2.75) is 13.1 Å². The Labute approximate surface area is 205 Å². The van der Waals surface area contributed by atoms with Gasteiger partial charge in [0.1, 0.15) is 0 Å². The molecule has 3 aromatic rings. The molecule has 0 saturated carbocycles. The summed E-state index contributed by atoms with van der Waals surface area (Å²) in [5.41, 5.74) is 2.96. The molecule has 6 heteroatoms. The quantitative estimate of drug-likeness (QED) is 0.343. The number of hydrogen-bond donors (Lipinski definition) is 0. The maximum absolute atomic E-state index is 4.88. The average molecular weight is 733 g/mol. The van der Waals surface area contributed by atoms with Crippen molar-refractivity contribution in [1.82, 2.24) is 9.80 Å². The average Bonchev–Trinajstić information content (AvgIpc) is 2.71. The first-order valence-corrected chi connectivity index (χ1v) is 19.1. The van der Waals surface area contributed by atoms with Crippen molar-refractivity contribution < 1.29 is 16.5 Å². The molecule has 0 amide bonds. The third kappa shape index (κ3) is 7.98. The van der Waals surface area contributed by atoms with Crippen molar-refractivity contribution in [3.8, 4) is 0 Å². The Balaban J connectivity index is 0.00000101. The van der Waals surface area contributed by atoms with Crippen molar-refractivity contribution in [2.75, 3.05) is 28.2 Å². The van der Waals surface area contributed by atoms with Gasteiger partial charge in [0.2, 0.25) is 0 Å². The fraction of sp³-hybridized carbons (Fsp3) is 0.250. The number of rotatable bonds is 7. The van der Waals surface area contributed by atoms with Gasteiger partial charge in [-0.1, -0.05) is 0 Å². The van der Waals surface area contributed by atoms with Crippen LogP contribution >= 0.6 is 18.8 Å². The predicted molar refractivity (Wildman–Crippen MR) is 130 cm³/mol. The van der Waals surface area contributed by atoms with E-state index >= 15 is 0 Å². The number of halogens is 2. The van der Waals surface area contributed by atoms with E-state index in [0.717, 1.165) is 13.1 Å². The van der Waals surface area contributed by atoms with Gasteiger partial charge in [0.15, 0.2) is 0 Å². The molecule has 0 aliphatic heterocycles. The van der Waals surface area contributed by atoms with E-state index in [1.165, 1.54) is 18.1 Å². The molecule has 0 atom stereocenters. The second-order valence-electron chi connectivity index (χ2n) is 7.45. The van der Waals surface area contributed by atoms with Gasteiger partial charge in [0, 0.05) is 0 Å². The van der Waals surface area contributed by atoms with E-state index in [2.05, 4.69) is 117 Å². The standard InChI is InChI=1S/C12H19N2.2C6H5.2ClH.Pt.Sb/c1-13(2)9-11-6-5-7-12(8-11)10-14(3)4;2*1-2-4-6-5-3-1;;;;/h5-7H,9-10H2,1-4H3;2*1-5H;2*1H;;/q;;;;;+2;/p-2. The van der Waals surface area contributed by atoms with Gasteiger partial charge in [-0.3, -0.25) is 0 Å². The first-order valence-electron chi connectivity index (χ1n) is 9.60. The van der Waals surface area contributed by atoms with Crippen LogP contribution in [0.2, 0.25) is 0 Å². The summed E-state index contributed by atoms with van der Waals surface area (Å²) in [4.78, 5) is 4.57. The van der Waals surface area contributed by atoms with Crippen LogP contribution in [0.4, 0.5) is 0 Å². The third-order valence-corrected chi connectivity index (χ3v) is 12.0. The summed E-state index contributed by atoms with van der Waals surface area (Å²) in [5, 5.41) is 0. The van der Waals surface area contributed by atoms with E-state index in [0.29, 0.717) is 0 Å². The molecule has 3 aromatic carbocycles. The summed E-state index contributed by atoms with van der Waals surface area (Å²) >= 11 is -2.60. The van der Waals surface area contributed by atoms with E-state index in [9.17, 15) is 0 Å². The van der Waals surface area contributed by atoms with E-state index in [-0.39, 0.29) is 0 Å². The number of benzene rings is 3. The molecule has 0 spiro atoms. The molecule has 30 heavy (non-hydrogen) atoms. The van der Waals surface area contributed by atoms with E-state index in [1.807, 2.05) is 0 Å². The molecular weight excluding hydrogens is 704 g/mol. The first-order chi connectivity index (χ1) is 14.5. The van der Waals surface area contributed by atoms with E-state index < -0.39 is 36.7 Å². The van der Waals surface area contributed by atoms with Crippen LogP contribution in [-0.4, -0.2) is 58.2 Å². The summed E-state index contributed by atoms with van der Waals surface area (Å²) < 4.78 is 4.68. The summed E-state index contributed by atoms with van der Waals surface area (Å²) in [5.74, 6) is 0. The van der Waals surface area contributed by atoms with Gasteiger partial charge in [-0.25, -0.2) is 0 Å². The second-order valence-corrected chi connectivity index (χ2v) is 16.9. The molecule has 0 bridgehead atoms. The molecule has 3 rings (SSSR count). The van der Waals surface area contributed by atoms with Gasteiger partial charge in [-0.05, 0) is 0 Å². The molecule has 0 N–H and O–H groups in total. The monoisotopic (exact) mass is 731 g/mol. The third-order valence-electron chi connectivity index (χ3n) is 4.43. The number of hydrogen-bond acceptors (Lipinski definition) is 2. The Morgan fingerprint density at radius 1 is 0.633 bits per heavy atom. The predicted octanol–water partition coefficient (Wildman–Crippen LogP) is 3.70. The van der Waals surface area contributed by atoms with Gasteiger partial charge in [0.05, 0.1) is 0 Å². The van der Waals surface area contributed by atoms with Crippen LogP contribution in [-0.2, 0) is 29.6 Å². The fourth-order valence-electron chi connectivity index (χ4n) is 3.43. The van der Waals surface area contributed by atoms with Crippen LogP contribution in [0.3, 0.4) is 0 Å². The molecule has 0 aliphatic rings. The van der Waals surface area contributed by atoms with Crippen molar-refractivity contribution >= 4 is 49.6 Å². The van der Waals surface area contributed by atoms with Gasteiger partial charge >= 0.3 is 207 Å². The normalized spacial score (nSPS) is 11.1. The zero-order chi connectivity index (χ0) is 21.9. The Bertz CT molecular complexity index is 809. The van der Waals surface area contributed by atoms with Gasteiger partial charge < -0.3 is 0 Å². The maximum atomic E-state index is 4.88. The number of nitrogens with zero attached hydrogens (tertiary/aromatic N) is 2. The van der Waals surface area contributed by atoms with E-state index in [1.54, 1.807) is 3.51 Å². The SMILES string of the molecule is CN(C)Cc1cccc(CN(C)C)[c]1[Sb]([c]1ccccc1)[c]1ccccc1.[Cl][Pt][Cl]. The molecule has 0 heterocycles. The van der Waals surface area contributed by atoms with E-state index in [4.69, 9.17) is 18.8 Å². The second kappa shape index (κ2) is 13.9. The molecule has 0 aliphatic carbocycles. The molecular formula is C24H29Cl2N2PtSb. The first kappa shape index (κ1) is 25.9. The summed E-state index contributed by atoms with van der Waals surface area (Å²) in [6.45, 7) is 1.97. The summed E-state index contributed by atoms with van der Waals surface area (Å²) in [6, 6.07) is 29.2. The Morgan fingerprint density at radius 2 is 1.00 bits per heavy atom. The van der Waals surface area contributed by atoms with Crippen LogP contribution in [0.25, 0.3) is 0 Å². The van der Waals surface area contributed by atoms with Crippen LogP contribution in [0.5, 0.6) is 0 Å². The molecule has 0 saturated heterocycles. The molecule has 0 fully saturated rings. The van der Waals surface area contributed by atoms with Crippen LogP contribution in [0.1, 0.15) is 11.1 Å². The van der Waals surface area contributed by atoms with Gasteiger partial charge in [0.25, 0.3) is 0 Å². The molecule has 164 valence electrons. The zero-order valence-electron chi connectivity index (χ0n) is 17.8. The molecule has 0 radical (unpaired) electrons. The summed E-state index contributed by atoms with van der Waals surface area (Å²) in [7, 11) is 18.4. The Kier molecular flexibility index (Phi) is 12.1. The van der Waals surface area contributed by atoms with Crippen LogP contribution in [0.15, 0.2) is 78.9 Å². The van der Waals surface area contributed by atoms with Crippen molar-refractivity contribution in [3.63, 3.8) is 0 Å². The van der Waals surface area contributed by atoms with Gasteiger partial charge in [-0.2, -0.15) is 0 Å². The molecule has 0 aromatic heterocycles. The molecule has 2 nitrogen and oxygen atoms in total. The topological polar surface area (TPSA) is 6.48 Å². The Morgan fingerprint density at radius 3 is 1.33 bits per heavy atom. The fourth-order valence-corrected chi connectivity index (χ4v) is 10.9. The minimum absolute atomic E-state index is 0.472. The minimum atomic E-state index is -2.13. The van der Waals surface area contributed by atoms with Crippen molar-refractivity contribution in [1.29, 1.82) is 0 Å². The Hall–Kier alpha value is -0.334. The van der Waals surface area contributed by atoms with Crippen LogP contribution in [0, 0.1) is 0 Å². The van der Waals surface area contributed by atoms with Gasteiger partial charge in [-0.15, -0.1) is 0 Å². The summed E-state index contributed by atoms with van der Waals surface area (Å²) in [6.07, 6.45) is 0. The molecule has 0 unspecified atom stereocenters. The zero-order valence-corrected chi connectivity index (χ0v) is 24.2. The van der Waals surface area contributed by atoms with Crippen molar-refractivity contribution in [3.05, 3.63) is 90.0 Å².